The van der Waals surface area contributed by atoms with Crippen molar-refractivity contribution in [3.8, 4) is 0 Å². The number of rotatable bonds is 7. The highest BCUT2D eigenvalue weighted by molar-refractivity contribution is 5.73. The Morgan fingerprint density at radius 3 is 2.53 bits per heavy atom. The number of nitrogens with one attached hydrogen (secondary N) is 2. The second kappa shape index (κ2) is 8.44. The van der Waals surface area contributed by atoms with Crippen molar-refractivity contribution in [3.05, 3.63) is 35.6 Å². The van der Waals surface area contributed by atoms with Crippen molar-refractivity contribution < 1.29 is 14.3 Å². The lowest BCUT2D eigenvalue weighted by atomic mass is 10.2. The molecule has 6 heteroatoms. The maximum atomic E-state index is 12.7. The van der Waals surface area contributed by atoms with E-state index in [0.717, 1.165) is 5.56 Å². The van der Waals surface area contributed by atoms with Gasteiger partial charge in [-0.15, -0.1) is 0 Å². The topological polar surface area (TPSA) is 64.6 Å². The van der Waals surface area contributed by atoms with Crippen LogP contribution in [0, 0.1) is 5.82 Å². The van der Waals surface area contributed by atoms with Crippen LogP contribution >= 0.6 is 0 Å². The number of nitrogens with zero attached hydrogens (tertiary/aromatic N) is 1. The van der Waals surface area contributed by atoms with Crippen LogP contribution in [0.5, 0.6) is 0 Å². The van der Waals surface area contributed by atoms with E-state index in [1.54, 1.807) is 12.1 Å². The predicted molar refractivity (Wildman–Crippen MR) is 71.2 cm³/mol. The molecule has 5 nitrogen and oxygen atoms in total. The highest BCUT2D eigenvalue weighted by Gasteiger charge is 2.02. The summed E-state index contributed by atoms with van der Waals surface area (Å²) in [6, 6.07) is 6.07. The van der Waals surface area contributed by atoms with E-state index in [2.05, 4.69) is 10.6 Å². The minimum absolute atomic E-state index is 0.0715. The molecule has 106 valence electrons. The van der Waals surface area contributed by atoms with Gasteiger partial charge in [-0.1, -0.05) is 12.1 Å². The summed E-state index contributed by atoms with van der Waals surface area (Å²) < 4.78 is 12.7. The van der Waals surface area contributed by atoms with Gasteiger partial charge in [-0.2, -0.15) is 0 Å². The molecule has 2 amide bonds. The Labute approximate surface area is 112 Å². The number of likely N-dealkylation sites (N-methyl/N-ethyl adjacent to an activating group) is 1. The van der Waals surface area contributed by atoms with Gasteiger partial charge in [0.05, 0.1) is 6.61 Å². The fraction of sp³-hybridized carbons (Fsp3) is 0.462. The van der Waals surface area contributed by atoms with Crippen LogP contribution < -0.4 is 10.6 Å². The molecule has 0 aliphatic carbocycles. The molecule has 19 heavy (non-hydrogen) atoms. The highest BCUT2D eigenvalue weighted by atomic mass is 19.1. The fourth-order valence-electron chi connectivity index (χ4n) is 1.57. The van der Waals surface area contributed by atoms with E-state index in [9.17, 15) is 9.18 Å². The first-order valence-corrected chi connectivity index (χ1v) is 6.17. The van der Waals surface area contributed by atoms with Crippen LogP contribution in [-0.4, -0.2) is 49.3 Å². The lowest BCUT2D eigenvalue weighted by molar-refractivity contribution is 0.231. The van der Waals surface area contributed by atoms with E-state index >= 15 is 0 Å². The second-order valence-corrected chi connectivity index (χ2v) is 4.27. The number of halogens is 1. The number of aliphatic hydroxyl groups is 1. The molecule has 0 fully saturated rings. The second-order valence-electron chi connectivity index (χ2n) is 4.27. The number of carbonyl (C=O) groups excluding carboxylic acids is 1. The van der Waals surface area contributed by atoms with Gasteiger partial charge in [0.1, 0.15) is 5.82 Å². The number of urea groups is 1. The van der Waals surface area contributed by atoms with Gasteiger partial charge in [-0.05, 0) is 24.7 Å². The zero-order valence-electron chi connectivity index (χ0n) is 11.0. The number of aliphatic hydroxyl groups excluding tert-OH is 1. The summed E-state index contributed by atoms with van der Waals surface area (Å²) in [6.45, 7) is 2.06. The summed E-state index contributed by atoms with van der Waals surface area (Å²) in [4.78, 5) is 13.2. The molecule has 0 aliphatic heterocycles. The van der Waals surface area contributed by atoms with E-state index in [1.165, 1.54) is 12.1 Å². The van der Waals surface area contributed by atoms with Crippen LogP contribution in [-0.2, 0) is 6.54 Å². The van der Waals surface area contributed by atoms with E-state index in [-0.39, 0.29) is 25.0 Å². The lowest BCUT2D eigenvalue weighted by Crippen LogP contribution is -2.40. The zero-order valence-corrected chi connectivity index (χ0v) is 11.0. The Hall–Kier alpha value is -1.66. The molecule has 0 bridgehead atoms. The lowest BCUT2D eigenvalue weighted by Gasteiger charge is -2.17. The SMILES string of the molecule is CN(CCNC(=O)NCCO)Cc1ccc(F)cc1. The van der Waals surface area contributed by atoms with Crippen LogP contribution in [0.1, 0.15) is 5.56 Å². The first-order chi connectivity index (χ1) is 9.11. The summed E-state index contributed by atoms with van der Waals surface area (Å²) in [7, 11) is 1.93. The van der Waals surface area contributed by atoms with Gasteiger partial charge in [0.15, 0.2) is 0 Å². The molecule has 1 aromatic rings. The van der Waals surface area contributed by atoms with E-state index in [1.807, 2.05) is 11.9 Å². The van der Waals surface area contributed by atoms with Gasteiger partial charge in [0.2, 0.25) is 0 Å². The molecule has 1 aromatic carbocycles. The van der Waals surface area contributed by atoms with Crippen LogP contribution in [0.3, 0.4) is 0 Å². The highest BCUT2D eigenvalue weighted by Crippen LogP contribution is 2.04. The summed E-state index contributed by atoms with van der Waals surface area (Å²) >= 11 is 0. The van der Waals surface area contributed by atoms with Gasteiger partial charge in [0.25, 0.3) is 0 Å². The molecular weight excluding hydrogens is 249 g/mol. The molecule has 0 saturated heterocycles. The quantitative estimate of drug-likeness (QED) is 0.677. The summed E-state index contributed by atoms with van der Waals surface area (Å²) in [5, 5.41) is 13.7. The Balaban J connectivity index is 2.19. The average Bonchev–Trinajstić information content (AvgIpc) is 2.39. The number of amides is 2. The van der Waals surface area contributed by atoms with Gasteiger partial charge in [-0.3, -0.25) is 0 Å². The minimum atomic E-state index is -0.288. The first kappa shape index (κ1) is 15.4. The van der Waals surface area contributed by atoms with Gasteiger partial charge in [0, 0.05) is 26.2 Å². The van der Waals surface area contributed by atoms with Gasteiger partial charge >= 0.3 is 6.03 Å². The van der Waals surface area contributed by atoms with Crippen molar-refractivity contribution in [2.75, 3.05) is 33.3 Å². The molecule has 0 aliphatic rings. The third-order valence-corrected chi connectivity index (χ3v) is 2.54. The van der Waals surface area contributed by atoms with Crippen LogP contribution in [0.2, 0.25) is 0 Å². The third kappa shape index (κ3) is 6.73. The third-order valence-electron chi connectivity index (χ3n) is 2.54. The Morgan fingerprint density at radius 2 is 1.89 bits per heavy atom. The van der Waals surface area contributed by atoms with Crippen molar-refractivity contribution in [3.63, 3.8) is 0 Å². The minimum Gasteiger partial charge on any atom is -0.395 e. The largest absolute Gasteiger partial charge is 0.395 e. The molecule has 3 N–H and O–H groups in total. The van der Waals surface area contributed by atoms with Crippen molar-refractivity contribution in [2.24, 2.45) is 0 Å². The monoisotopic (exact) mass is 269 g/mol. The van der Waals surface area contributed by atoms with Crippen LogP contribution in [0.25, 0.3) is 0 Å². The average molecular weight is 269 g/mol. The standard InChI is InChI=1S/C13H20FN3O2/c1-17(8-6-15-13(19)16-7-9-18)10-11-2-4-12(14)5-3-11/h2-5,18H,6-10H2,1H3,(H2,15,16,19). The summed E-state index contributed by atoms with van der Waals surface area (Å²) in [6.07, 6.45) is 0. The van der Waals surface area contributed by atoms with Crippen molar-refractivity contribution in [1.82, 2.24) is 15.5 Å². The van der Waals surface area contributed by atoms with Crippen molar-refractivity contribution >= 4 is 6.03 Å². The van der Waals surface area contributed by atoms with E-state index in [0.29, 0.717) is 19.6 Å². The number of carbonyl (C=O) groups is 1. The molecule has 0 saturated carbocycles. The molecule has 0 heterocycles. The smallest absolute Gasteiger partial charge is 0.314 e. The predicted octanol–water partition coefficient (Wildman–Crippen LogP) is 0.549. The van der Waals surface area contributed by atoms with E-state index < -0.39 is 0 Å². The zero-order chi connectivity index (χ0) is 14.1. The molecule has 0 unspecified atom stereocenters. The summed E-state index contributed by atoms with van der Waals surface area (Å²) in [5.41, 5.74) is 1.02. The van der Waals surface area contributed by atoms with Crippen LogP contribution in [0.15, 0.2) is 24.3 Å². The number of benzene rings is 1. The molecule has 0 aromatic heterocycles. The van der Waals surface area contributed by atoms with Crippen molar-refractivity contribution in [1.29, 1.82) is 0 Å². The normalized spacial score (nSPS) is 10.5. The molecule has 0 spiro atoms. The van der Waals surface area contributed by atoms with E-state index in [4.69, 9.17) is 5.11 Å². The van der Waals surface area contributed by atoms with Crippen LogP contribution in [0.4, 0.5) is 9.18 Å². The number of hydrogen-bond donors (Lipinski definition) is 3. The molecule has 0 radical (unpaired) electrons. The van der Waals surface area contributed by atoms with Crippen molar-refractivity contribution in [2.45, 2.75) is 6.54 Å². The fourth-order valence-corrected chi connectivity index (χ4v) is 1.57. The first-order valence-electron chi connectivity index (χ1n) is 6.17. The Kier molecular flexibility index (Phi) is 6.84. The Bertz CT molecular complexity index is 384. The molecule has 1 rings (SSSR count). The number of hydrogen-bond acceptors (Lipinski definition) is 3. The van der Waals surface area contributed by atoms with Gasteiger partial charge < -0.3 is 20.6 Å². The molecular formula is C13H20FN3O2. The maximum absolute atomic E-state index is 12.7. The maximum Gasteiger partial charge on any atom is 0.314 e. The van der Waals surface area contributed by atoms with Gasteiger partial charge in [-0.25, -0.2) is 9.18 Å². The summed E-state index contributed by atoms with van der Waals surface area (Å²) in [5.74, 6) is -0.242. The molecule has 0 atom stereocenters. The Morgan fingerprint density at radius 1 is 1.26 bits per heavy atom.